The van der Waals surface area contributed by atoms with Gasteiger partial charge in [-0.15, -0.1) is 0 Å². The summed E-state index contributed by atoms with van der Waals surface area (Å²) in [5, 5.41) is 10.6. The van der Waals surface area contributed by atoms with Crippen LogP contribution in [0.25, 0.3) is 0 Å². The van der Waals surface area contributed by atoms with E-state index in [1.165, 1.54) is 83.5 Å². The Bertz CT molecular complexity index is 1920. The molecule has 0 aliphatic carbocycles. The summed E-state index contributed by atoms with van der Waals surface area (Å²) < 4.78 is 68.1. The number of ether oxygens (including phenoxy) is 4. The highest BCUT2D eigenvalue weighted by molar-refractivity contribution is 7.47. The van der Waals surface area contributed by atoms with Crippen LogP contribution in [0.5, 0.6) is 0 Å². The van der Waals surface area contributed by atoms with Gasteiger partial charge in [-0.2, -0.15) is 0 Å². The van der Waals surface area contributed by atoms with Crippen LogP contribution >= 0.6 is 15.6 Å². The molecule has 0 bridgehead atoms. The molecule has 6 atom stereocenters. The van der Waals surface area contributed by atoms with Gasteiger partial charge in [-0.05, 0) is 88.9 Å². The molecular weight excluding hydrogens is 1170 g/mol. The van der Waals surface area contributed by atoms with Gasteiger partial charge in [-0.3, -0.25) is 37.3 Å². The van der Waals surface area contributed by atoms with E-state index >= 15 is 0 Å². The van der Waals surface area contributed by atoms with E-state index in [2.05, 4.69) is 90.2 Å². The number of phosphoric acid groups is 2. The lowest BCUT2D eigenvalue weighted by molar-refractivity contribution is -0.161. The lowest BCUT2D eigenvalue weighted by atomic mass is 10.00. The fourth-order valence-electron chi connectivity index (χ4n) is 9.48. The third-order valence-corrected chi connectivity index (χ3v) is 17.2. The van der Waals surface area contributed by atoms with Crippen LogP contribution in [0.1, 0.15) is 305 Å². The number of aliphatic hydroxyl groups is 1. The number of phosphoric ester groups is 2. The molecule has 0 aromatic heterocycles. The van der Waals surface area contributed by atoms with Gasteiger partial charge in [0.1, 0.15) is 19.3 Å². The second-order valence-electron chi connectivity index (χ2n) is 24.6. The van der Waals surface area contributed by atoms with Gasteiger partial charge in [0.15, 0.2) is 12.2 Å². The van der Waals surface area contributed by atoms with Crippen molar-refractivity contribution < 1.29 is 80.2 Å². The number of rotatable bonds is 65. The van der Waals surface area contributed by atoms with Crippen LogP contribution in [0.2, 0.25) is 0 Å². The van der Waals surface area contributed by atoms with Gasteiger partial charge in [0, 0.05) is 25.7 Å². The predicted octanol–water partition coefficient (Wildman–Crippen LogP) is 19.1. The quantitative estimate of drug-likeness (QED) is 0.0169. The van der Waals surface area contributed by atoms with Crippen LogP contribution < -0.4 is 0 Å². The first kappa shape index (κ1) is 86.0. The zero-order chi connectivity index (χ0) is 65.7. The fraction of sp³-hybridized carbons (Fsp3) is 0.829. The van der Waals surface area contributed by atoms with Crippen LogP contribution in [-0.2, 0) is 65.4 Å². The standard InChI is InChI=1S/C70H128O17P2/c1-7-10-12-14-16-18-20-22-24-26-28-30-32-40-46-52-67(72)80-58-66(87-70(75)55-49-43-37-35-39-45-51-63(6)9-3)61-85-89(78,79)83-57-64(71)56-82-88(76,77)84-60-65(59-81-68(73)53-47-41-36-34-38-44-50-62(4)5)86-69(74)54-48-42-33-31-29-27-25-23-21-19-17-15-13-11-8-2/h18-25,62-66,71H,7-17,26-61H2,1-6H3,(H,76,77)(H,78,79)/b20-18-,21-19-,24-22-,25-23-/t63?,64-,65+,66+/m0/s1. The molecule has 0 aromatic carbocycles. The molecule has 0 fully saturated rings. The summed E-state index contributed by atoms with van der Waals surface area (Å²) in [4.78, 5) is 72.4. The molecule has 0 saturated heterocycles. The number of carbonyl (C=O) groups is 4. The number of esters is 4. The second-order valence-corrected chi connectivity index (χ2v) is 27.5. The van der Waals surface area contributed by atoms with Crippen molar-refractivity contribution in [1.82, 2.24) is 0 Å². The molecule has 19 heteroatoms. The Balaban J connectivity index is 5.29. The van der Waals surface area contributed by atoms with Crippen molar-refractivity contribution in [2.24, 2.45) is 11.8 Å². The Hall–Kier alpha value is -2.98. The van der Waals surface area contributed by atoms with E-state index < -0.39 is 97.5 Å². The van der Waals surface area contributed by atoms with Crippen molar-refractivity contribution >= 4 is 39.5 Å². The van der Waals surface area contributed by atoms with Crippen molar-refractivity contribution in [2.75, 3.05) is 39.6 Å². The lowest BCUT2D eigenvalue weighted by Gasteiger charge is -2.21. The molecule has 3 unspecified atom stereocenters. The molecule has 0 amide bonds. The molecule has 0 heterocycles. The average molecular weight is 1300 g/mol. The molecule has 89 heavy (non-hydrogen) atoms. The van der Waals surface area contributed by atoms with E-state index in [0.29, 0.717) is 37.5 Å². The smallest absolute Gasteiger partial charge is 0.462 e. The Morgan fingerprint density at radius 1 is 0.371 bits per heavy atom. The van der Waals surface area contributed by atoms with Crippen LogP contribution in [0, 0.1) is 11.8 Å². The summed E-state index contributed by atoms with van der Waals surface area (Å²) in [5.74, 6) is -0.803. The van der Waals surface area contributed by atoms with E-state index in [4.69, 9.17) is 37.0 Å². The van der Waals surface area contributed by atoms with Gasteiger partial charge in [0.05, 0.1) is 26.4 Å². The van der Waals surface area contributed by atoms with E-state index in [9.17, 15) is 43.2 Å². The Kier molecular flexibility index (Phi) is 59.2. The molecule has 0 rings (SSSR count). The number of aliphatic hydroxyl groups excluding tert-OH is 1. The molecule has 0 aromatic rings. The predicted molar refractivity (Wildman–Crippen MR) is 358 cm³/mol. The SMILES string of the molecule is CCCCCC/C=C\C=C/CCCCCCCC(=O)OC[C@H](COP(=O)(O)OC[C@@H](O)COP(=O)(O)OC[C@@H](COC(=O)CCCCCCCCC(C)C)OC(=O)CCCCCCC/C=C\C=C/CCCCCC)OC(=O)CCCCCCCCC(C)CC. The summed E-state index contributed by atoms with van der Waals surface area (Å²) >= 11 is 0. The van der Waals surface area contributed by atoms with E-state index in [1.807, 2.05) is 0 Å². The monoisotopic (exact) mass is 1300 g/mol. The van der Waals surface area contributed by atoms with Gasteiger partial charge < -0.3 is 33.8 Å². The van der Waals surface area contributed by atoms with Crippen LogP contribution in [-0.4, -0.2) is 96.7 Å². The molecule has 17 nitrogen and oxygen atoms in total. The average Bonchev–Trinajstić information content (AvgIpc) is 3.72. The van der Waals surface area contributed by atoms with E-state index in [-0.39, 0.29) is 25.7 Å². The van der Waals surface area contributed by atoms with Gasteiger partial charge in [0.25, 0.3) is 0 Å². The Labute approximate surface area is 540 Å². The molecule has 0 saturated carbocycles. The summed E-state index contributed by atoms with van der Waals surface area (Å²) in [6.45, 7) is 9.27. The first-order valence-electron chi connectivity index (χ1n) is 35.2. The largest absolute Gasteiger partial charge is 0.472 e. The first-order chi connectivity index (χ1) is 42.9. The lowest BCUT2D eigenvalue weighted by Crippen LogP contribution is -2.30. The second kappa shape index (κ2) is 61.2. The zero-order valence-electron chi connectivity index (χ0n) is 56.7. The van der Waals surface area contributed by atoms with Gasteiger partial charge >= 0.3 is 39.5 Å². The number of hydrogen-bond acceptors (Lipinski definition) is 15. The summed E-state index contributed by atoms with van der Waals surface area (Å²) in [6.07, 6.45) is 51.8. The molecule has 520 valence electrons. The Morgan fingerprint density at radius 3 is 1.00 bits per heavy atom. The van der Waals surface area contributed by atoms with Crippen LogP contribution in [0.4, 0.5) is 0 Å². The van der Waals surface area contributed by atoms with Gasteiger partial charge in [-0.25, -0.2) is 9.13 Å². The van der Waals surface area contributed by atoms with Gasteiger partial charge in [0.2, 0.25) is 0 Å². The van der Waals surface area contributed by atoms with Crippen molar-refractivity contribution in [3.8, 4) is 0 Å². The van der Waals surface area contributed by atoms with Crippen LogP contribution in [0.3, 0.4) is 0 Å². The summed E-state index contributed by atoms with van der Waals surface area (Å²) in [5.41, 5.74) is 0. The number of hydrogen-bond donors (Lipinski definition) is 3. The molecular formula is C70H128O17P2. The summed E-state index contributed by atoms with van der Waals surface area (Å²) in [7, 11) is -9.92. The summed E-state index contributed by atoms with van der Waals surface area (Å²) in [6, 6.07) is 0. The minimum Gasteiger partial charge on any atom is -0.462 e. The highest BCUT2D eigenvalue weighted by Gasteiger charge is 2.30. The van der Waals surface area contributed by atoms with Crippen molar-refractivity contribution in [3.63, 3.8) is 0 Å². The highest BCUT2D eigenvalue weighted by atomic mass is 31.2. The Morgan fingerprint density at radius 2 is 0.663 bits per heavy atom. The molecule has 0 radical (unpaired) electrons. The first-order valence-corrected chi connectivity index (χ1v) is 38.2. The van der Waals surface area contributed by atoms with E-state index in [1.54, 1.807) is 0 Å². The highest BCUT2D eigenvalue weighted by Crippen LogP contribution is 2.45. The minimum absolute atomic E-state index is 0.0812. The third-order valence-electron chi connectivity index (χ3n) is 15.3. The fourth-order valence-corrected chi connectivity index (χ4v) is 11.1. The topological polar surface area (TPSA) is 237 Å². The maximum Gasteiger partial charge on any atom is 0.472 e. The molecule has 0 aliphatic heterocycles. The normalized spacial score (nSPS) is 14.8. The van der Waals surface area contributed by atoms with Crippen molar-refractivity contribution in [1.29, 1.82) is 0 Å². The maximum atomic E-state index is 13.0. The molecule has 3 N–H and O–H groups in total. The molecule has 0 spiro atoms. The minimum atomic E-state index is -4.96. The van der Waals surface area contributed by atoms with Gasteiger partial charge in [-0.1, -0.05) is 251 Å². The number of unbranched alkanes of at least 4 members (excludes halogenated alkanes) is 28. The van der Waals surface area contributed by atoms with Crippen molar-refractivity contribution in [3.05, 3.63) is 48.6 Å². The molecule has 0 aliphatic rings. The number of allylic oxidation sites excluding steroid dienone is 8. The number of carbonyl (C=O) groups excluding carboxylic acids is 4. The third kappa shape index (κ3) is 62.3. The van der Waals surface area contributed by atoms with Crippen LogP contribution in [0.15, 0.2) is 48.6 Å². The van der Waals surface area contributed by atoms with Crippen molar-refractivity contribution in [2.45, 2.75) is 323 Å². The van der Waals surface area contributed by atoms with E-state index in [0.717, 1.165) is 128 Å². The zero-order valence-corrected chi connectivity index (χ0v) is 58.5. The maximum absolute atomic E-state index is 13.0.